The molecule has 3 heterocycles. The van der Waals surface area contributed by atoms with Gasteiger partial charge in [0.05, 0.1) is 25.0 Å². The number of sulfonamides is 1. The Morgan fingerprint density at radius 3 is 2.49 bits per heavy atom. The van der Waals surface area contributed by atoms with Gasteiger partial charge < -0.3 is 34.5 Å². The molecule has 6 rings (SSSR count). The second-order valence-electron chi connectivity index (χ2n) is 16.9. The molecule has 1 aromatic heterocycles. The maximum Gasteiger partial charge on any atom is 0.427 e. The highest BCUT2D eigenvalue weighted by molar-refractivity contribution is 7.91. The molecule has 2 aromatic rings. The number of hydrogen-bond acceptors (Lipinski definition) is 11. The molecule has 0 radical (unpaired) electrons. The molecule has 2 saturated carbocycles. The Labute approximate surface area is 341 Å². The number of benzene rings is 1. The summed E-state index contributed by atoms with van der Waals surface area (Å²) in [6.45, 7) is 4.48. The van der Waals surface area contributed by atoms with Gasteiger partial charge in [-0.3, -0.25) is 19.1 Å². The van der Waals surface area contributed by atoms with Crippen LogP contribution in [0.2, 0.25) is 0 Å². The summed E-state index contributed by atoms with van der Waals surface area (Å²) >= 11 is 0. The van der Waals surface area contributed by atoms with Crippen LogP contribution in [0.3, 0.4) is 0 Å². The molecule has 59 heavy (non-hydrogen) atoms. The van der Waals surface area contributed by atoms with E-state index < -0.39 is 85.9 Å². The van der Waals surface area contributed by atoms with E-state index in [4.69, 9.17) is 18.9 Å². The van der Waals surface area contributed by atoms with Gasteiger partial charge in [0.1, 0.15) is 29.5 Å². The first kappa shape index (κ1) is 43.9. The lowest BCUT2D eigenvalue weighted by Crippen LogP contribution is -2.60. The lowest BCUT2D eigenvalue weighted by Gasteiger charge is -2.35. The molecule has 3 fully saturated rings. The summed E-state index contributed by atoms with van der Waals surface area (Å²) in [6, 6.07) is 4.09. The van der Waals surface area contributed by atoms with Crippen molar-refractivity contribution in [2.24, 2.45) is 17.8 Å². The number of amides is 4. The highest BCUT2D eigenvalue weighted by Crippen LogP contribution is 2.48. The predicted octanol–water partition coefficient (Wildman–Crippen LogP) is 4.54. The zero-order chi connectivity index (χ0) is 43.1. The van der Waals surface area contributed by atoms with Crippen LogP contribution in [-0.4, -0.2) is 110 Å². The highest BCUT2D eigenvalue weighted by Gasteiger charge is 2.63. The van der Waals surface area contributed by atoms with Crippen molar-refractivity contribution in [2.75, 3.05) is 27.4 Å². The van der Waals surface area contributed by atoms with Gasteiger partial charge in [-0.25, -0.2) is 18.2 Å². The van der Waals surface area contributed by atoms with Crippen molar-refractivity contribution in [1.82, 2.24) is 25.2 Å². The van der Waals surface area contributed by atoms with Crippen LogP contribution in [0.25, 0.3) is 10.8 Å². The quantitative estimate of drug-likeness (QED) is 0.285. The topological polar surface area (TPSA) is 192 Å². The Morgan fingerprint density at radius 1 is 1.10 bits per heavy atom. The van der Waals surface area contributed by atoms with Gasteiger partial charge in [-0.05, 0) is 94.9 Å². The molecule has 2 aliphatic carbocycles. The van der Waals surface area contributed by atoms with Crippen molar-refractivity contribution in [3.05, 3.63) is 42.6 Å². The largest absolute Gasteiger partial charge is 0.497 e. The van der Waals surface area contributed by atoms with Gasteiger partial charge >= 0.3 is 12.3 Å². The summed E-state index contributed by atoms with van der Waals surface area (Å²) in [5.74, 6) is -3.22. The van der Waals surface area contributed by atoms with Crippen LogP contribution in [0.5, 0.6) is 11.6 Å². The number of nitrogens with zero attached hydrogens (tertiary/aromatic N) is 2. The Kier molecular flexibility index (Phi) is 12.2. The number of hydrogen-bond donors (Lipinski definition) is 3. The molecule has 1 saturated heterocycles. The maximum absolute atomic E-state index is 14.9. The van der Waals surface area contributed by atoms with E-state index in [0.717, 1.165) is 5.39 Å². The van der Waals surface area contributed by atoms with Crippen LogP contribution in [0.1, 0.15) is 72.6 Å². The van der Waals surface area contributed by atoms with Crippen LogP contribution in [-0.2, 0) is 33.9 Å². The second kappa shape index (κ2) is 16.4. The third-order valence-corrected chi connectivity index (χ3v) is 14.1. The summed E-state index contributed by atoms with van der Waals surface area (Å²) in [6.07, 6.45) is -0.134. The van der Waals surface area contributed by atoms with Gasteiger partial charge in [0.2, 0.25) is 33.3 Å². The number of ether oxygens (including phenoxy) is 4. The van der Waals surface area contributed by atoms with E-state index in [1.807, 2.05) is 13.0 Å². The average Bonchev–Trinajstić information content (AvgIpc) is 4.04. The van der Waals surface area contributed by atoms with E-state index >= 15 is 0 Å². The summed E-state index contributed by atoms with van der Waals surface area (Å²) in [5.41, 5.74) is -4.58. The lowest BCUT2D eigenvalue weighted by atomic mass is 9.87. The Balaban J connectivity index is 1.38. The third-order valence-electron chi connectivity index (χ3n) is 12.0. The molecule has 3 N–H and O–H groups in total. The second-order valence-corrected chi connectivity index (χ2v) is 19.1. The average molecular weight is 852 g/mol. The van der Waals surface area contributed by atoms with Crippen LogP contribution < -0.4 is 24.8 Å². The lowest BCUT2D eigenvalue weighted by molar-refractivity contribution is -0.244. The van der Waals surface area contributed by atoms with Crippen LogP contribution in [0, 0.1) is 17.8 Å². The maximum atomic E-state index is 14.9. The van der Waals surface area contributed by atoms with Crippen LogP contribution in [0.4, 0.5) is 18.0 Å². The SMILES string of the molecule is COC[C@@H]1C[C@@H](C)CC/C=C\[C@H]2C[C@]2(C(=O)NS(=O)(=O)C2(C)CC2)NC(=O)[C@@H]2C[C@@H](Oc3nccc4cc(OC)ccc34)CN2C(=O)[C@H]1NC(=O)OC(C)(C)C(F)(F)F. The van der Waals surface area contributed by atoms with Gasteiger partial charge in [0.15, 0.2) is 0 Å². The summed E-state index contributed by atoms with van der Waals surface area (Å²) in [7, 11) is -1.18. The standard InChI is InChI=1S/C40H52F3N5O10S/c1-23-9-7-8-10-26-20-39(26,35(51)47-59(53,54)38(4)14-15-38)46-32(49)30-19-28(57-33-29-12-11-27(56-6)18-24(29)13-16-44-33)21-48(30)34(50)31(25(17-23)22-55-5)45-36(52)58-37(2,3)40(41,42)43/h8,10-13,16,18,23,25-26,28,30-31H,7,9,14-15,17,19-22H2,1-6H3,(H,45,52)(H,46,49)(H,47,51)/b10-8-/t23-,25-,26-,28+,30-,31-,39-/m0/s1. The first-order chi connectivity index (χ1) is 27.6. The molecule has 4 aliphatic rings. The van der Waals surface area contributed by atoms with Gasteiger partial charge in [-0.1, -0.05) is 19.1 Å². The minimum absolute atomic E-state index is 0.0910. The number of halogens is 3. The monoisotopic (exact) mass is 851 g/mol. The first-order valence-electron chi connectivity index (χ1n) is 19.6. The number of fused-ring (bicyclic) bond motifs is 3. The zero-order valence-electron chi connectivity index (χ0n) is 33.9. The molecule has 0 bridgehead atoms. The molecule has 7 atom stereocenters. The number of allylic oxidation sites excluding steroid dienone is 1. The molecule has 0 spiro atoms. The van der Waals surface area contributed by atoms with Gasteiger partial charge in [-0.15, -0.1) is 0 Å². The van der Waals surface area contributed by atoms with Crippen molar-refractivity contribution in [3.63, 3.8) is 0 Å². The smallest absolute Gasteiger partial charge is 0.427 e. The summed E-state index contributed by atoms with van der Waals surface area (Å²) < 4.78 is 91.0. The van der Waals surface area contributed by atoms with Gasteiger partial charge in [0, 0.05) is 36.9 Å². The molecule has 15 nitrogen and oxygen atoms in total. The molecule has 324 valence electrons. The number of alkyl halides is 3. The number of carbonyl (C=O) groups excluding carboxylic acids is 4. The Bertz CT molecular complexity index is 2090. The molecule has 1 aromatic carbocycles. The Hall–Kier alpha value is -4.65. The number of carbonyl (C=O) groups is 4. The molecule has 2 aliphatic heterocycles. The molecule has 4 amide bonds. The summed E-state index contributed by atoms with van der Waals surface area (Å²) in [4.78, 5) is 62.3. The molecular weight excluding hydrogens is 800 g/mol. The van der Waals surface area contributed by atoms with E-state index in [9.17, 15) is 40.8 Å². The minimum atomic E-state index is -4.94. The Morgan fingerprint density at radius 2 is 1.83 bits per heavy atom. The van der Waals surface area contributed by atoms with E-state index in [1.165, 1.54) is 32.2 Å². The molecule has 0 unspecified atom stereocenters. The molecule has 19 heteroatoms. The van der Waals surface area contributed by atoms with E-state index in [2.05, 4.69) is 20.3 Å². The van der Waals surface area contributed by atoms with E-state index in [1.54, 1.807) is 30.3 Å². The van der Waals surface area contributed by atoms with Crippen molar-refractivity contribution in [1.29, 1.82) is 0 Å². The van der Waals surface area contributed by atoms with Gasteiger partial charge in [-0.2, -0.15) is 13.2 Å². The van der Waals surface area contributed by atoms with Crippen molar-refractivity contribution >= 4 is 44.6 Å². The normalized spacial score (nSPS) is 29.1. The van der Waals surface area contributed by atoms with Gasteiger partial charge in [0.25, 0.3) is 5.91 Å². The van der Waals surface area contributed by atoms with Crippen molar-refractivity contribution in [2.45, 2.75) is 113 Å². The number of pyridine rings is 1. The number of nitrogens with one attached hydrogen (secondary N) is 3. The molecular formula is C40H52F3N5O10S. The number of methoxy groups -OCH3 is 2. The number of alkyl carbamates (subject to hydrolysis) is 1. The van der Waals surface area contributed by atoms with Crippen molar-refractivity contribution in [3.8, 4) is 11.6 Å². The number of aromatic nitrogens is 1. The summed E-state index contributed by atoms with van der Waals surface area (Å²) in [5, 5.41) is 6.51. The van der Waals surface area contributed by atoms with E-state index in [-0.39, 0.29) is 44.2 Å². The zero-order valence-corrected chi connectivity index (χ0v) is 34.7. The minimum Gasteiger partial charge on any atom is -0.497 e. The highest BCUT2D eigenvalue weighted by atomic mass is 32.2. The van der Waals surface area contributed by atoms with E-state index in [0.29, 0.717) is 50.7 Å². The number of rotatable bonds is 10. The fourth-order valence-corrected chi connectivity index (χ4v) is 9.06. The fraction of sp³-hybridized carbons (Fsp3) is 0.625. The van der Waals surface area contributed by atoms with Crippen LogP contribution >= 0.6 is 0 Å². The first-order valence-corrected chi connectivity index (χ1v) is 21.1. The predicted molar refractivity (Wildman–Crippen MR) is 208 cm³/mol. The fourth-order valence-electron chi connectivity index (χ4n) is 7.74. The third kappa shape index (κ3) is 9.25. The van der Waals surface area contributed by atoms with Crippen LogP contribution in [0.15, 0.2) is 42.6 Å². The van der Waals surface area contributed by atoms with Crippen molar-refractivity contribution < 1.29 is 59.7 Å².